The zero-order valence-electron chi connectivity index (χ0n) is 18.2. The number of halogens is 4. The summed E-state index contributed by atoms with van der Waals surface area (Å²) in [5, 5.41) is 8.72. The van der Waals surface area contributed by atoms with Gasteiger partial charge in [-0.2, -0.15) is 0 Å². The Hall–Kier alpha value is -2.15. The van der Waals surface area contributed by atoms with Crippen LogP contribution in [0.5, 0.6) is 11.5 Å². The van der Waals surface area contributed by atoms with Gasteiger partial charge in [0.15, 0.2) is 6.10 Å². The Morgan fingerprint density at radius 2 is 1.50 bits per heavy atom. The van der Waals surface area contributed by atoms with Crippen molar-refractivity contribution in [3.05, 3.63) is 57.0 Å². The first-order chi connectivity index (χ1) is 15.1. The molecule has 9 heteroatoms. The van der Waals surface area contributed by atoms with Crippen molar-refractivity contribution in [2.24, 2.45) is 0 Å². The molecule has 0 bridgehead atoms. The Labute approximate surface area is 204 Å². The zero-order valence-corrected chi connectivity index (χ0v) is 21.4. The van der Waals surface area contributed by atoms with E-state index in [-0.39, 0.29) is 24.3 Å². The van der Waals surface area contributed by atoms with E-state index in [1.165, 1.54) is 44.4 Å². The van der Waals surface area contributed by atoms with Crippen LogP contribution in [0.15, 0.2) is 45.3 Å². The summed E-state index contributed by atoms with van der Waals surface area (Å²) in [6, 6.07) is 8.17. The molecule has 2 rings (SSSR count). The highest BCUT2D eigenvalue weighted by atomic mass is 79.9. The Kier molecular flexibility index (Phi) is 15.4. The van der Waals surface area contributed by atoms with Crippen molar-refractivity contribution in [3.63, 3.8) is 0 Å². The van der Waals surface area contributed by atoms with Crippen LogP contribution in [-0.4, -0.2) is 37.0 Å². The van der Waals surface area contributed by atoms with E-state index in [1.807, 2.05) is 6.92 Å². The highest BCUT2D eigenvalue weighted by Crippen LogP contribution is 2.27. The van der Waals surface area contributed by atoms with Crippen molar-refractivity contribution >= 4 is 37.8 Å². The molecule has 0 aromatic heterocycles. The van der Waals surface area contributed by atoms with Gasteiger partial charge in [0.25, 0.3) is 0 Å². The van der Waals surface area contributed by atoms with Crippen LogP contribution in [0, 0.1) is 24.0 Å². The average Bonchev–Trinajstić information content (AvgIpc) is 2.78. The molecule has 0 unspecified atom stereocenters. The van der Waals surface area contributed by atoms with Crippen LogP contribution < -0.4 is 9.47 Å². The van der Waals surface area contributed by atoms with E-state index in [2.05, 4.69) is 42.5 Å². The second kappa shape index (κ2) is 16.5. The molecule has 176 valence electrons. The third kappa shape index (κ3) is 12.0. The Balaban J connectivity index is 0.000000519. The molecule has 0 fully saturated rings. The van der Waals surface area contributed by atoms with Crippen molar-refractivity contribution < 1.29 is 32.9 Å². The van der Waals surface area contributed by atoms with E-state index in [1.54, 1.807) is 13.0 Å². The minimum atomic E-state index is -0.770. The number of aliphatic hydroxyl groups excluding tert-OH is 1. The monoisotopic (exact) mass is 578 g/mol. The first-order valence-corrected chi connectivity index (χ1v) is 11.0. The standard InChI is InChI=1S/C10H10BrFO3.C9H10BrFO2.C4H6/c1-6(10(13)14-2)15-9-5-7(12)3-4-8(9)11;1-6(5-12)13-9-4-7(11)2-3-8(9)10;1-3-4-2/h3-6H,1-2H3;2-4,6,12H,5H2,1H3;1H,4H2,2H3/t2*6-;/m11./s1. The molecule has 0 saturated carbocycles. The topological polar surface area (TPSA) is 65.0 Å². The fraction of sp³-hybridized carbons (Fsp3) is 0.348. The summed E-state index contributed by atoms with van der Waals surface area (Å²) in [6.07, 6.45) is 4.52. The SMILES string of the molecule is C#CCC.COC(=O)[C@@H](C)Oc1cc(F)ccc1Br.C[C@H](CO)Oc1cc(F)ccc1Br. The fourth-order valence-electron chi connectivity index (χ4n) is 1.79. The number of carbonyl (C=O) groups is 1. The lowest BCUT2D eigenvalue weighted by atomic mass is 10.3. The lowest BCUT2D eigenvalue weighted by Crippen LogP contribution is -2.25. The summed E-state index contributed by atoms with van der Waals surface area (Å²) in [5.41, 5.74) is 0. The summed E-state index contributed by atoms with van der Waals surface area (Å²) in [5.74, 6) is 1.81. The molecule has 0 saturated heterocycles. The molecule has 0 radical (unpaired) electrons. The van der Waals surface area contributed by atoms with E-state index in [9.17, 15) is 13.6 Å². The summed E-state index contributed by atoms with van der Waals surface area (Å²) >= 11 is 6.40. The van der Waals surface area contributed by atoms with Crippen LogP contribution in [0.3, 0.4) is 0 Å². The predicted molar refractivity (Wildman–Crippen MR) is 127 cm³/mol. The maximum Gasteiger partial charge on any atom is 0.346 e. The van der Waals surface area contributed by atoms with Crippen LogP contribution in [0.1, 0.15) is 27.2 Å². The molecule has 32 heavy (non-hydrogen) atoms. The van der Waals surface area contributed by atoms with Crippen molar-refractivity contribution in [1.82, 2.24) is 0 Å². The van der Waals surface area contributed by atoms with E-state index in [4.69, 9.17) is 21.0 Å². The second-order valence-corrected chi connectivity index (χ2v) is 7.81. The molecule has 0 amide bonds. The number of terminal acetylenes is 1. The van der Waals surface area contributed by atoms with Crippen LogP contribution in [0.4, 0.5) is 8.78 Å². The third-order valence-corrected chi connectivity index (χ3v) is 4.72. The molecule has 2 aromatic rings. The molecule has 0 aliphatic heterocycles. The maximum atomic E-state index is 12.9. The van der Waals surface area contributed by atoms with Gasteiger partial charge in [-0.25, -0.2) is 13.6 Å². The van der Waals surface area contributed by atoms with Gasteiger partial charge in [-0.3, -0.25) is 0 Å². The number of esters is 1. The highest BCUT2D eigenvalue weighted by Gasteiger charge is 2.16. The van der Waals surface area contributed by atoms with E-state index < -0.39 is 17.9 Å². The minimum absolute atomic E-state index is 0.0943. The Morgan fingerprint density at radius 3 is 1.88 bits per heavy atom. The van der Waals surface area contributed by atoms with Crippen molar-refractivity contribution in [2.75, 3.05) is 13.7 Å². The van der Waals surface area contributed by atoms with Crippen LogP contribution in [-0.2, 0) is 9.53 Å². The second-order valence-electron chi connectivity index (χ2n) is 6.10. The normalized spacial score (nSPS) is 11.4. The van der Waals surface area contributed by atoms with Gasteiger partial charge < -0.3 is 19.3 Å². The molecule has 0 spiro atoms. The maximum absolute atomic E-state index is 12.9. The van der Waals surface area contributed by atoms with Crippen molar-refractivity contribution in [2.45, 2.75) is 39.4 Å². The number of benzene rings is 2. The molecule has 5 nitrogen and oxygen atoms in total. The smallest absolute Gasteiger partial charge is 0.346 e. The molecule has 2 atom stereocenters. The number of rotatable bonds is 6. The van der Waals surface area contributed by atoms with Gasteiger partial charge in [-0.1, -0.05) is 6.92 Å². The number of carbonyl (C=O) groups excluding carboxylic acids is 1. The summed E-state index contributed by atoms with van der Waals surface area (Å²) in [6.45, 7) is 5.09. The molecule has 0 aliphatic rings. The molecule has 0 heterocycles. The minimum Gasteiger partial charge on any atom is -0.487 e. The lowest BCUT2D eigenvalue weighted by Gasteiger charge is -2.13. The first kappa shape index (κ1) is 29.9. The molecular formula is C23H26Br2F2O5. The Bertz CT molecular complexity index is 887. The van der Waals surface area contributed by atoms with Gasteiger partial charge in [-0.15, -0.1) is 12.3 Å². The number of hydrogen-bond acceptors (Lipinski definition) is 5. The summed E-state index contributed by atoms with van der Waals surface area (Å²) in [4.78, 5) is 11.1. The molecular weight excluding hydrogens is 554 g/mol. The number of methoxy groups -OCH3 is 1. The van der Waals surface area contributed by atoms with Crippen molar-refractivity contribution in [3.8, 4) is 23.8 Å². The summed E-state index contributed by atoms with van der Waals surface area (Å²) < 4.78 is 41.8. The Morgan fingerprint density at radius 1 is 1.06 bits per heavy atom. The van der Waals surface area contributed by atoms with Gasteiger partial charge in [0.2, 0.25) is 0 Å². The number of hydrogen-bond donors (Lipinski definition) is 1. The van der Waals surface area contributed by atoms with Gasteiger partial charge in [-0.05, 0) is 70.0 Å². The molecule has 0 aliphatic carbocycles. The van der Waals surface area contributed by atoms with Gasteiger partial charge in [0, 0.05) is 18.6 Å². The predicted octanol–water partition coefficient (Wildman–Crippen LogP) is 5.91. The third-order valence-electron chi connectivity index (χ3n) is 3.41. The number of aliphatic hydroxyl groups is 1. The van der Waals surface area contributed by atoms with Gasteiger partial charge in [0.1, 0.15) is 29.2 Å². The molecule has 2 aromatic carbocycles. The van der Waals surface area contributed by atoms with Gasteiger partial charge in [0.05, 0.1) is 22.7 Å². The average molecular weight is 580 g/mol. The quantitative estimate of drug-likeness (QED) is 0.341. The number of ether oxygens (including phenoxy) is 3. The largest absolute Gasteiger partial charge is 0.487 e. The highest BCUT2D eigenvalue weighted by molar-refractivity contribution is 9.10. The molecule has 1 N–H and O–H groups in total. The van der Waals surface area contributed by atoms with Crippen LogP contribution in [0.2, 0.25) is 0 Å². The summed E-state index contributed by atoms with van der Waals surface area (Å²) in [7, 11) is 1.27. The first-order valence-electron chi connectivity index (χ1n) is 9.45. The lowest BCUT2D eigenvalue weighted by molar-refractivity contribution is -0.147. The fourth-order valence-corrected chi connectivity index (χ4v) is 2.47. The van der Waals surface area contributed by atoms with E-state index >= 15 is 0 Å². The van der Waals surface area contributed by atoms with Crippen LogP contribution >= 0.6 is 31.9 Å². The van der Waals surface area contributed by atoms with E-state index in [0.29, 0.717) is 14.7 Å². The van der Waals surface area contributed by atoms with Crippen LogP contribution in [0.25, 0.3) is 0 Å². The zero-order chi connectivity index (χ0) is 24.7. The van der Waals surface area contributed by atoms with E-state index in [0.717, 1.165) is 6.42 Å². The van der Waals surface area contributed by atoms with Crippen molar-refractivity contribution in [1.29, 1.82) is 0 Å². The van der Waals surface area contributed by atoms with Gasteiger partial charge >= 0.3 is 5.97 Å².